The maximum atomic E-state index is 12.2. The van der Waals surface area contributed by atoms with Crippen LogP contribution in [0.25, 0.3) is 0 Å². The van der Waals surface area contributed by atoms with Crippen LogP contribution in [-0.2, 0) is 0 Å². The molecule has 0 radical (unpaired) electrons. The van der Waals surface area contributed by atoms with Gasteiger partial charge in [-0.25, -0.2) is 0 Å². The van der Waals surface area contributed by atoms with Gasteiger partial charge in [-0.2, -0.15) is 0 Å². The summed E-state index contributed by atoms with van der Waals surface area (Å²) in [6.45, 7) is 0. The van der Waals surface area contributed by atoms with Crippen LogP contribution in [0.4, 0.5) is 11.5 Å². The van der Waals surface area contributed by atoms with Gasteiger partial charge in [-0.1, -0.05) is 42.5 Å². The van der Waals surface area contributed by atoms with Gasteiger partial charge < -0.3 is 10.6 Å². The fourth-order valence-corrected chi connectivity index (χ4v) is 3.05. The number of halogens is 2. The fourth-order valence-electron chi connectivity index (χ4n) is 2.76. The Kier molecular flexibility index (Phi) is 5.53. The van der Waals surface area contributed by atoms with E-state index in [0.29, 0.717) is 27.6 Å². The second-order valence-electron chi connectivity index (χ2n) is 5.87. The highest BCUT2D eigenvalue weighted by Gasteiger charge is 2.14. The molecule has 1 aromatic heterocycles. The highest BCUT2D eigenvalue weighted by molar-refractivity contribution is 6.42. The Balaban J connectivity index is 1.61. The number of carbonyl (C=O) groups is 1. The number of hydrogen-bond acceptors (Lipinski definition) is 4. The molecule has 2 N–H and O–H groups in total. The lowest BCUT2D eigenvalue weighted by Crippen LogP contribution is -2.23. The molecule has 1 aromatic carbocycles. The van der Waals surface area contributed by atoms with E-state index in [1.54, 1.807) is 30.3 Å². The van der Waals surface area contributed by atoms with Crippen molar-refractivity contribution in [1.29, 1.82) is 0 Å². The van der Waals surface area contributed by atoms with Gasteiger partial charge >= 0.3 is 0 Å². The van der Waals surface area contributed by atoms with Crippen LogP contribution >= 0.6 is 23.2 Å². The molecule has 24 heavy (non-hydrogen) atoms. The standard InChI is InChI=1S/C17H18Cl2N4O/c18-13-7-6-12(10-14(13)19)21-17(24)15-8-9-16(23-22-15)20-11-4-2-1-3-5-11/h6-11H,1-5H2,(H,20,23)(H,21,24). The number of aromatic nitrogens is 2. The van der Waals surface area contributed by atoms with Gasteiger partial charge in [0, 0.05) is 11.7 Å². The van der Waals surface area contributed by atoms with Crippen molar-refractivity contribution in [2.24, 2.45) is 0 Å². The van der Waals surface area contributed by atoms with Crippen LogP contribution in [0.3, 0.4) is 0 Å². The molecule has 1 saturated carbocycles. The molecule has 1 aliphatic rings. The van der Waals surface area contributed by atoms with Gasteiger partial charge in [0.25, 0.3) is 5.91 Å². The second kappa shape index (κ2) is 7.81. The van der Waals surface area contributed by atoms with E-state index in [1.807, 2.05) is 0 Å². The summed E-state index contributed by atoms with van der Waals surface area (Å²) in [6, 6.07) is 8.79. The minimum Gasteiger partial charge on any atom is -0.366 e. The second-order valence-corrected chi connectivity index (χ2v) is 6.68. The molecule has 2 aromatic rings. The third-order valence-corrected chi connectivity index (χ3v) is 4.77. The maximum absolute atomic E-state index is 12.2. The summed E-state index contributed by atoms with van der Waals surface area (Å²) in [4.78, 5) is 12.2. The molecule has 0 aliphatic heterocycles. The zero-order chi connectivity index (χ0) is 16.9. The number of rotatable bonds is 4. The van der Waals surface area contributed by atoms with Gasteiger partial charge in [-0.15, -0.1) is 10.2 Å². The average molecular weight is 365 g/mol. The Morgan fingerprint density at radius 2 is 1.79 bits per heavy atom. The first kappa shape index (κ1) is 17.0. The third-order valence-electron chi connectivity index (χ3n) is 4.03. The number of anilines is 2. The first-order valence-electron chi connectivity index (χ1n) is 7.98. The van der Waals surface area contributed by atoms with Crippen molar-refractivity contribution < 1.29 is 4.79 Å². The topological polar surface area (TPSA) is 66.9 Å². The van der Waals surface area contributed by atoms with Crippen LogP contribution in [0.15, 0.2) is 30.3 Å². The van der Waals surface area contributed by atoms with Crippen molar-refractivity contribution in [2.45, 2.75) is 38.1 Å². The Morgan fingerprint density at radius 3 is 2.46 bits per heavy atom. The molecule has 0 spiro atoms. The molecule has 0 bridgehead atoms. The smallest absolute Gasteiger partial charge is 0.276 e. The van der Waals surface area contributed by atoms with E-state index in [-0.39, 0.29) is 11.6 Å². The van der Waals surface area contributed by atoms with Crippen LogP contribution in [0, 0.1) is 0 Å². The lowest BCUT2D eigenvalue weighted by molar-refractivity contribution is 0.102. The van der Waals surface area contributed by atoms with Crippen LogP contribution < -0.4 is 10.6 Å². The van der Waals surface area contributed by atoms with E-state index in [1.165, 1.54) is 19.3 Å². The Hall–Kier alpha value is -1.85. The van der Waals surface area contributed by atoms with Gasteiger partial charge in [-0.05, 0) is 43.2 Å². The minimum absolute atomic E-state index is 0.246. The zero-order valence-corrected chi connectivity index (χ0v) is 14.6. The van der Waals surface area contributed by atoms with Crippen molar-refractivity contribution in [1.82, 2.24) is 10.2 Å². The summed E-state index contributed by atoms with van der Waals surface area (Å²) in [5.74, 6) is 0.359. The predicted molar refractivity (Wildman–Crippen MR) is 96.9 cm³/mol. The lowest BCUT2D eigenvalue weighted by Gasteiger charge is -2.22. The summed E-state index contributed by atoms with van der Waals surface area (Å²) in [6.07, 6.45) is 6.10. The van der Waals surface area contributed by atoms with E-state index in [0.717, 1.165) is 12.8 Å². The van der Waals surface area contributed by atoms with E-state index in [9.17, 15) is 4.79 Å². The molecule has 0 atom stereocenters. The molecule has 7 heteroatoms. The number of hydrogen-bond donors (Lipinski definition) is 2. The molecule has 126 valence electrons. The number of benzene rings is 1. The minimum atomic E-state index is -0.342. The molecule has 1 aliphatic carbocycles. The van der Waals surface area contributed by atoms with Gasteiger partial charge in [0.2, 0.25) is 0 Å². The molecular formula is C17H18Cl2N4O. The van der Waals surface area contributed by atoms with Crippen LogP contribution in [0.1, 0.15) is 42.6 Å². The molecule has 0 unspecified atom stereocenters. The number of amides is 1. The van der Waals surface area contributed by atoms with Gasteiger partial charge in [0.05, 0.1) is 10.0 Å². The van der Waals surface area contributed by atoms with Gasteiger partial charge in [-0.3, -0.25) is 4.79 Å². The quantitative estimate of drug-likeness (QED) is 0.818. The van der Waals surface area contributed by atoms with E-state index in [4.69, 9.17) is 23.2 Å². The molecule has 1 heterocycles. The van der Waals surface area contributed by atoms with Gasteiger partial charge in [0.15, 0.2) is 5.69 Å². The number of nitrogens with one attached hydrogen (secondary N) is 2. The first-order chi connectivity index (χ1) is 11.6. The summed E-state index contributed by atoms with van der Waals surface area (Å²) < 4.78 is 0. The predicted octanol–water partition coefficient (Wildman–Crippen LogP) is 4.78. The summed E-state index contributed by atoms with van der Waals surface area (Å²) in [5.41, 5.74) is 0.802. The SMILES string of the molecule is O=C(Nc1ccc(Cl)c(Cl)c1)c1ccc(NC2CCCCC2)nn1. The highest BCUT2D eigenvalue weighted by Crippen LogP contribution is 2.25. The zero-order valence-electron chi connectivity index (χ0n) is 13.1. The van der Waals surface area contributed by atoms with Crippen LogP contribution in [0.2, 0.25) is 10.0 Å². The van der Waals surface area contributed by atoms with Crippen molar-refractivity contribution in [3.8, 4) is 0 Å². The van der Waals surface area contributed by atoms with Crippen molar-refractivity contribution in [3.05, 3.63) is 46.1 Å². The molecule has 0 saturated heterocycles. The molecule has 1 amide bonds. The molecule has 3 rings (SSSR count). The summed E-state index contributed by atoms with van der Waals surface area (Å²) in [7, 11) is 0. The highest BCUT2D eigenvalue weighted by atomic mass is 35.5. The third kappa shape index (κ3) is 4.36. The van der Waals surface area contributed by atoms with Crippen molar-refractivity contribution in [3.63, 3.8) is 0 Å². The van der Waals surface area contributed by atoms with Crippen LogP contribution in [-0.4, -0.2) is 22.1 Å². The van der Waals surface area contributed by atoms with E-state index < -0.39 is 0 Å². The average Bonchev–Trinajstić information content (AvgIpc) is 2.60. The largest absolute Gasteiger partial charge is 0.366 e. The fraction of sp³-hybridized carbons (Fsp3) is 0.353. The number of nitrogens with zero attached hydrogens (tertiary/aromatic N) is 2. The summed E-state index contributed by atoms with van der Waals surface area (Å²) >= 11 is 11.8. The van der Waals surface area contributed by atoms with E-state index >= 15 is 0 Å². The summed E-state index contributed by atoms with van der Waals surface area (Å²) in [5, 5.41) is 15.0. The molecular weight excluding hydrogens is 347 g/mol. The van der Waals surface area contributed by atoms with Crippen molar-refractivity contribution in [2.75, 3.05) is 10.6 Å². The molecule has 1 fully saturated rings. The lowest BCUT2D eigenvalue weighted by atomic mass is 9.95. The first-order valence-corrected chi connectivity index (χ1v) is 8.74. The van der Waals surface area contributed by atoms with Crippen LogP contribution in [0.5, 0.6) is 0 Å². The Morgan fingerprint density at radius 1 is 1.00 bits per heavy atom. The monoisotopic (exact) mass is 364 g/mol. The van der Waals surface area contributed by atoms with Gasteiger partial charge in [0.1, 0.15) is 5.82 Å². The normalized spacial score (nSPS) is 15.1. The Bertz CT molecular complexity index is 715. The number of carbonyl (C=O) groups excluding carboxylic acids is 1. The molecule has 5 nitrogen and oxygen atoms in total. The van der Waals surface area contributed by atoms with E-state index in [2.05, 4.69) is 20.8 Å². The maximum Gasteiger partial charge on any atom is 0.276 e. The van der Waals surface area contributed by atoms with Crippen molar-refractivity contribution >= 4 is 40.6 Å². The Labute approximate surface area is 150 Å².